The molecule has 0 amide bonds. The van der Waals surface area contributed by atoms with E-state index in [9.17, 15) is 0 Å². The Labute approximate surface area is 121 Å². The van der Waals surface area contributed by atoms with Gasteiger partial charge in [0.05, 0.1) is 0 Å². The summed E-state index contributed by atoms with van der Waals surface area (Å²) in [5.74, 6) is 0.775. The smallest absolute Gasteiger partial charge is 0.0429 e. The maximum atomic E-state index is 2.59. The molecule has 2 aliphatic rings. The number of rotatable bonds is 2. The molecule has 20 heavy (non-hydrogen) atoms. The van der Waals surface area contributed by atoms with Gasteiger partial charge in [0.25, 0.3) is 0 Å². The predicted molar refractivity (Wildman–Crippen MR) is 84.4 cm³/mol. The minimum absolute atomic E-state index is 0.775. The summed E-state index contributed by atoms with van der Waals surface area (Å²) in [5.41, 5.74) is 7.73. The number of nitrogens with zero attached hydrogens (tertiary/aromatic N) is 1. The normalized spacial score (nSPS) is 20.1. The van der Waals surface area contributed by atoms with Crippen LogP contribution in [0.4, 0.5) is 5.69 Å². The molecule has 4 rings (SSSR count). The van der Waals surface area contributed by atoms with Crippen molar-refractivity contribution in [3.63, 3.8) is 0 Å². The fourth-order valence-electron chi connectivity index (χ4n) is 3.99. The van der Waals surface area contributed by atoms with Crippen molar-refractivity contribution in [1.82, 2.24) is 0 Å². The quantitative estimate of drug-likeness (QED) is 0.774. The monoisotopic (exact) mass is 263 g/mol. The highest BCUT2D eigenvalue weighted by Gasteiger charge is 2.33. The van der Waals surface area contributed by atoms with Gasteiger partial charge < -0.3 is 4.90 Å². The largest absolute Gasteiger partial charge is 0.366 e. The Morgan fingerprint density at radius 2 is 1.95 bits per heavy atom. The van der Waals surface area contributed by atoms with Crippen LogP contribution in [-0.2, 0) is 13.0 Å². The molecular formula is C19H21N. The van der Waals surface area contributed by atoms with Crippen LogP contribution >= 0.6 is 0 Å². The zero-order valence-corrected chi connectivity index (χ0v) is 12.1. The molecule has 1 heterocycles. The first kappa shape index (κ1) is 12.0. The Morgan fingerprint density at radius 1 is 1.10 bits per heavy atom. The fourth-order valence-corrected chi connectivity index (χ4v) is 3.99. The van der Waals surface area contributed by atoms with Gasteiger partial charge in [-0.2, -0.15) is 0 Å². The molecule has 1 heteroatoms. The highest BCUT2D eigenvalue weighted by Crippen LogP contribution is 2.45. The minimum Gasteiger partial charge on any atom is -0.366 e. The summed E-state index contributed by atoms with van der Waals surface area (Å²) in [6.07, 6.45) is 4.01. The Morgan fingerprint density at radius 3 is 2.80 bits per heavy atom. The van der Waals surface area contributed by atoms with E-state index in [-0.39, 0.29) is 0 Å². The van der Waals surface area contributed by atoms with Gasteiger partial charge in [0, 0.05) is 24.7 Å². The van der Waals surface area contributed by atoms with Crippen LogP contribution in [0, 0.1) is 6.92 Å². The van der Waals surface area contributed by atoms with Gasteiger partial charge in [-0.1, -0.05) is 36.4 Å². The topological polar surface area (TPSA) is 3.24 Å². The number of hydrogen-bond donors (Lipinski definition) is 0. The Kier molecular flexibility index (Phi) is 2.80. The van der Waals surface area contributed by atoms with Gasteiger partial charge in [0.15, 0.2) is 0 Å². The third-order valence-corrected chi connectivity index (χ3v) is 4.95. The van der Waals surface area contributed by atoms with E-state index in [4.69, 9.17) is 0 Å². The molecule has 0 spiro atoms. The number of hydrogen-bond acceptors (Lipinski definition) is 1. The average Bonchev–Trinajstić information content (AvgIpc) is 2.83. The number of anilines is 1. The Balaban J connectivity index is 1.72. The molecule has 0 saturated heterocycles. The molecule has 0 radical (unpaired) electrons. The van der Waals surface area contributed by atoms with Gasteiger partial charge in [-0.15, -0.1) is 0 Å². The summed E-state index contributed by atoms with van der Waals surface area (Å²) in [6, 6.07) is 15.5. The number of aryl methyl sites for hydroxylation is 1. The van der Waals surface area contributed by atoms with Crippen molar-refractivity contribution in [2.24, 2.45) is 0 Å². The molecule has 1 aliphatic carbocycles. The van der Waals surface area contributed by atoms with E-state index in [1.54, 1.807) is 11.1 Å². The highest BCUT2D eigenvalue weighted by atomic mass is 15.2. The standard InChI is InChI=1S/C19H21N/c1-14-10-11-18-19-16(8-5-9-17(14)19)13-20(18)12-15-6-3-2-4-7-15/h2-4,6-7,10-11,16H,5,8-9,12-13H2,1H3. The molecule has 2 aromatic rings. The average molecular weight is 263 g/mol. The Bertz CT molecular complexity index is 630. The lowest BCUT2D eigenvalue weighted by atomic mass is 9.82. The van der Waals surface area contributed by atoms with Crippen LogP contribution < -0.4 is 4.90 Å². The van der Waals surface area contributed by atoms with Crippen LogP contribution in [0.3, 0.4) is 0 Å². The van der Waals surface area contributed by atoms with E-state index in [1.165, 1.54) is 42.6 Å². The molecule has 0 N–H and O–H groups in total. The molecule has 1 unspecified atom stereocenters. The van der Waals surface area contributed by atoms with Gasteiger partial charge in [-0.3, -0.25) is 0 Å². The zero-order chi connectivity index (χ0) is 13.5. The molecule has 1 aliphatic heterocycles. The van der Waals surface area contributed by atoms with E-state index in [2.05, 4.69) is 54.3 Å². The first-order valence-corrected chi connectivity index (χ1v) is 7.74. The first-order valence-electron chi connectivity index (χ1n) is 7.74. The molecule has 1 atom stereocenters. The van der Waals surface area contributed by atoms with Crippen LogP contribution in [0.5, 0.6) is 0 Å². The molecule has 0 saturated carbocycles. The van der Waals surface area contributed by atoms with Crippen molar-refractivity contribution in [2.45, 2.75) is 38.6 Å². The van der Waals surface area contributed by atoms with Crippen molar-refractivity contribution < 1.29 is 0 Å². The summed E-state index contributed by atoms with van der Waals surface area (Å²) < 4.78 is 0. The van der Waals surface area contributed by atoms with Crippen molar-refractivity contribution in [1.29, 1.82) is 0 Å². The van der Waals surface area contributed by atoms with E-state index in [0.717, 1.165) is 12.5 Å². The summed E-state index contributed by atoms with van der Waals surface area (Å²) in [4.78, 5) is 2.59. The maximum Gasteiger partial charge on any atom is 0.0429 e. The van der Waals surface area contributed by atoms with Crippen LogP contribution in [0.2, 0.25) is 0 Å². The van der Waals surface area contributed by atoms with Crippen LogP contribution in [-0.4, -0.2) is 6.54 Å². The van der Waals surface area contributed by atoms with Gasteiger partial charge in [-0.25, -0.2) is 0 Å². The fraction of sp³-hybridized carbons (Fsp3) is 0.368. The van der Waals surface area contributed by atoms with E-state index < -0.39 is 0 Å². The van der Waals surface area contributed by atoms with Crippen molar-refractivity contribution in [2.75, 3.05) is 11.4 Å². The molecule has 0 fully saturated rings. The van der Waals surface area contributed by atoms with Crippen molar-refractivity contribution in [3.05, 3.63) is 64.7 Å². The van der Waals surface area contributed by atoms with Crippen LogP contribution in [0.15, 0.2) is 42.5 Å². The molecule has 0 aromatic heterocycles. The van der Waals surface area contributed by atoms with E-state index in [1.807, 2.05) is 0 Å². The van der Waals surface area contributed by atoms with Gasteiger partial charge in [0.2, 0.25) is 0 Å². The molecule has 0 bridgehead atoms. The van der Waals surface area contributed by atoms with Gasteiger partial charge >= 0.3 is 0 Å². The van der Waals surface area contributed by atoms with Crippen LogP contribution in [0.1, 0.15) is 41.0 Å². The Hall–Kier alpha value is -1.76. The third kappa shape index (κ3) is 1.84. The second-order valence-corrected chi connectivity index (χ2v) is 6.25. The summed E-state index contributed by atoms with van der Waals surface area (Å²) in [5, 5.41) is 0. The second kappa shape index (κ2) is 4.66. The summed E-state index contributed by atoms with van der Waals surface area (Å²) in [6.45, 7) is 4.53. The van der Waals surface area contributed by atoms with E-state index in [0.29, 0.717) is 0 Å². The van der Waals surface area contributed by atoms with Gasteiger partial charge in [-0.05, 0) is 54.5 Å². The SMILES string of the molecule is Cc1ccc2c3c1CCCC3CN2Cc1ccccc1. The number of benzene rings is 2. The molecule has 102 valence electrons. The third-order valence-electron chi connectivity index (χ3n) is 4.95. The predicted octanol–water partition coefficient (Wildman–Crippen LogP) is 4.44. The summed E-state index contributed by atoms with van der Waals surface area (Å²) >= 11 is 0. The van der Waals surface area contributed by atoms with Crippen LogP contribution in [0.25, 0.3) is 0 Å². The minimum atomic E-state index is 0.775. The maximum absolute atomic E-state index is 2.59. The zero-order valence-electron chi connectivity index (χ0n) is 12.1. The lowest BCUT2D eigenvalue weighted by Crippen LogP contribution is -2.21. The van der Waals surface area contributed by atoms with E-state index >= 15 is 0 Å². The van der Waals surface area contributed by atoms with Crippen molar-refractivity contribution in [3.8, 4) is 0 Å². The lowest BCUT2D eigenvalue weighted by Gasteiger charge is -2.22. The molecule has 1 nitrogen and oxygen atoms in total. The highest BCUT2D eigenvalue weighted by molar-refractivity contribution is 5.65. The molecule has 2 aromatic carbocycles. The first-order chi connectivity index (χ1) is 9.83. The second-order valence-electron chi connectivity index (χ2n) is 6.25. The molecular weight excluding hydrogens is 242 g/mol. The summed E-state index contributed by atoms with van der Waals surface area (Å²) in [7, 11) is 0. The lowest BCUT2D eigenvalue weighted by molar-refractivity contribution is 0.570. The van der Waals surface area contributed by atoms with Gasteiger partial charge in [0.1, 0.15) is 0 Å². The van der Waals surface area contributed by atoms with Crippen molar-refractivity contribution >= 4 is 5.69 Å².